The second-order valence-corrected chi connectivity index (χ2v) is 23.5. The Labute approximate surface area is 482 Å². The number of carbonyl (C=O) groups is 2. The molecule has 1 aliphatic rings. The Kier molecular flexibility index (Phi) is 47.2. The van der Waals surface area contributed by atoms with Gasteiger partial charge < -0.3 is 39.7 Å². The molecule has 2 rings (SSSR count). The molecule has 1 aliphatic heterocycles. The summed E-state index contributed by atoms with van der Waals surface area (Å²) in [6.07, 6.45) is 38.2. The van der Waals surface area contributed by atoms with Crippen LogP contribution in [0.1, 0.15) is 283 Å². The average molecular weight is 1160 g/mol. The average Bonchev–Trinajstić information content (AvgIpc) is 3.85. The maximum atomic E-state index is 12.8. The topological polar surface area (TPSA) is 276 Å². The van der Waals surface area contributed by atoms with Gasteiger partial charge in [0.25, 0.3) is 5.56 Å². The van der Waals surface area contributed by atoms with Crippen molar-refractivity contribution in [2.75, 3.05) is 32.9 Å². The van der Waals surface area contributed by atoms with E-state index >= 15 is 0 Å². The van der Waals surface area contributed by atoms with Gasteiger partial charge in [0.15, 0.2) is 0 Å². The summed E-state index contributed by atoms with van der Waals surface area (Å²) >= 11 is 0. The number of hydrogen-bond donors (Lipinski definition) is 6. The second-order valence-electron chi connectivity index (χ2n) is 22.3. The van der Waals surface area contributed by atoms with E-state index in [1.165, 1.54) is 167 Å². The van der Waals surface area contributed by atoms with Gasteiger partial charge >= 0.3 is 13.5 Å². The first-order valence-electron chi connectivity index (χ1n) is 31.9. The highest BCUT2D eigenvalue weighted by atomic mass is 31.2. The predicted molar refractivity (Wildman–Crippen MR) is 321 cm³/mol. The molecule has 19 nitrogen and oxygen atoms in total. The Balaban J connectivity index is 0.000000937. The van der Waals surface area contributed by atoms with Gasteiger partial charge in [-0.1, -0.05) is 225 Å². The number of carbonyl (C=O) groups excluding carboxylic acids is 2. The molecule has 2 amide bonds. The number of rotatable bonds is 52. The van der Waals surface area contributed by atoms with Crippen molar-refractivity contribution < 1.29 is 47.8 Å². The van der Waals surface area contributed by atoms with E-state index in [9.17, 15) is 44.2 Å². The second kappa shape index (κ2) is 50.4. The number of unbranched alkanes of at least 4 members (excludes halogenated alkanes) is 30. The standard InChI is InChI=1S/C35H63N6O9P.C25H51NO3/c1-4-6-8-10-12-14-15-17-19-21-31(42)37-25-28(48-22-20-18-16-13-11-9-7-5-2)23-30(50-51(45,46)47)33-29(39-40-36)24-32(49-33)41-26-27(3)34(43)38-35(41)44;1-3-5-7-9-11-13-14-16-18-20-25(28)26-22-24(23-27)29-21-19-17-15-12-10-8-6-4-2/h26,28-30,32-33H,4-25H2,1-3H3,(H,37,42)(H,38,43,44)(H2,45,46,47);24,27H,3-23H2,1-2H3,(H,26,28)/t28?,29-,30?,32+,33-;/m0./s1. The summed E-state index contributed by atoms with van der Waals surface area (Å²) < 4.78 is 36.6. The highest BCUT2D eigenvalue weighted by Crippen LogP contribution is 2.43. The van der Waals surface area contributed by atoms with E-state index in [1.54, 1.807) is 0 Å². The van der Waals surface area contributed by atoms with E-state index in [1.807, 2.05) is 0 Å². The van der Waals surface area contributed by atoms with Gasteiger partial charge in [0.2, 0.25) is 11.8 Å². The van der Waals surface area contributed by atoms with Gasteiger partial charge in [-0.05, 0) is 38.1 Å². The first kappa shape index (κ1) is 74.9. The summed E-state index contributed by atoms with van der Waals surface area (Å²) in [5, 5.41) is 19.1. The van der Waals surface area contributed by atoms with Gasteiger partial charge in [-0.2, -0.15) is 0 Å². The van der Waals surface area contributed by atoms with Gasteiger partial charge in [0, 0.05) is 68.7 Å². The van der Waals surface area contributed by atoms with Crippen LogP contribution in [0.15, 0.2) is 20.9 Å². The van der Waals surface area contributed by atoms with Gasteiger partial charge in [-0.25, -0.2) is 9.36 Å². The number of ether oxygens (including phenoxy) is 3. The Bertz CT molecular complexity index is 1900. The fourth-order valence-corrected chi connectivity index (χ4v) is 10.6. The Morgan fingerprint density at radius 3 is 1.46 bits per heavy atom. The van der Waals surface area contributed by atoms with Crippen LogP contribution in [-0.2, 0) is 32.9 Å². The number of H-pyrrole nitrogens is 1. The van der Waals surface area contributed by atoms with E-state index < -0.39 is 49.7 Å². The number of nitrogens with one attached hydrogen (secondary N) is 3. The molecule has 2 heterocycles. The molecular formula is C60H114N7O12P. The lowest BCUT2D eigenvalue weighted by molar-refractivity contribution is -0.123. The summed E-state index contributed by atoms with van der Waals surface area (Å²) in [6, 6.07) is -0.967. The van der Waals surface area contributed by atoms with Gasteiger partial charge in [0.1, 0.15) is 6.23 Å². The van der Waals surface area contributed by atoms with Crippen molar-refractivity contribution in [3.05, 3.63) is 43.0 Å². The third kappa shape index (κ3) is 40.2. The van der Waals surface area contributed by atoms with Crippen molar-refractivity contribution in [1.82, 2.24) is 20.2 Å². The highest BCUT2D eigenvalue weighted by Gasteiger charge is 2.44. The molecule has 0 saturated carbocycles. The number of phosphoric ester groups is 1. The van der Waals surface area contributed by atoms with Crippen LogP contribution in [0.4, 0.5) is 0 Å². The number of aromatic amines is 1. The van der Waals surface area contributed by atoms with Crippen LogP contribution in [-0.4, -0.2) is 99.6 Å². The van der Waals surface area contributed by atoms with Gasteiger partial charge in [-0.15, -0.1) is 0 Å². The molecule has 0 radical (unpaired) electrons. The number of aliphatic hydroxyl groups is 1. The number of nitrogens with zero attached hydrogens (tertiary/aromatic N) is 4. The monoisotopic (exact) mass is 1160 g/mol. The first-order chi connectivity index (χ1) is 38.7. The van der Waals surface area contributed by atoms with Crippen molar-refractivity contribution in [2.45, 2.75) is 315 Å². The van der Waals surface area contributed by atoms with E-state index in [-0.39, 0.29) is 49.5 Å². The Morgan fingerprint density at radius 1 is 0.675 bits per heavy atom. The van der Waals surface area contributed by atoms with Gasteiger partial charge in [-0.3, -0.25) is 28.5 Å². The molecule has 20 heteroatoms. The number of amides is 2. The summed E-state index contributed by atoms with van der Waals surface area (Å²) in [5.74, 6) is -0.0508. The predicted octanol–water partition coefficient (Wildman–Crippen LogP) is 13.8. The smallest absolute Gasteiger partial charge is 0.394 e. The molecule has 80 heavy (non-hydrogen) atoms. The van der Waals surface area contributed by atoms with Crippen molar-refractivity contribution in [2.24, 2.45) is 5.11 Å². The summed E-state index contributed by atoms with van der Waals surface area (Å²) in [5.41, 5.74) is 8.25. The van der Waals surface area contributed by atoms with Crippen molar-refractivity contribution in [3.63, 3.8) is 0 Å². The minimum Gasteiger partial charge on any atom is -0.394 e. The molecule has 466 valence electrons. The summed E-state index contributed by atoms with van der Waals surface area (Å²) in [7, 11) is -5.09. The number of phosphoric acid groups is 1. The summed E-state index contributed by atoms with van der Waals surface area (Å²) in [6.45, 7) is 11.9. The quantitative estimate of drug-likeness (QED) is 0.0117. The molecule has 0 spiro atoms. The number of azide groups is 1. The Morgan fingerprint density at radius 2 is 1.06 bits per heavy atom. The van der Waals surface area contributed by atoms with E-state index in [2.05, 4.69) is 53.3 Å². The third-order valence-corrected chi connectivity index (χ3v) is 15.4. The van der Waals surface area contributed by atoms with Crippen LogP contribution >= 0.6 is 7.82 Å². The van der Waals surface area contributed by atoms with Crippen LogP contribution in [0, 0.1) is 6.92 Å². The summed E-state index contributed by atoms with van der Waals surface area (Å²) in [4.78, 5) is 74.2. The van der Waals surface area contributed by atoms with Crippen molar-refractivity contribution >= 4 is 19.6 Å². The zero-order valence-corrected chi connectivity index (χ0v) is 51.6. The number of aromatic nitrogens is 2. The molecule has 1 aromatic rings. The zero-order valence-electron chi connectivity index (χ0n) is 50.7. The van der Waals surface area contributed by atoms with Crippen LogP contribution in [0.3, 0.4) is 0 Å². The van der Waals surface area contributed by atoms with Crippen LogP contribution in [0.25, 0.3) is 10.4 Å². The molecule has 0 bridgehead atoms. The highest BCUT2D eigenvalue weighted by molar-refractivity contribution is 7.46. The minimum atomic E-state index is -5.09. The minimum absolute atomic E-state index is 0.0135. The third-order valence-electron chi connectivity index (χ3n) is 14.9. The van der Waals surface area contributed by atoms with Crippen molar-refractivity contribution in [3.8, 4) is 0 Å². The van der Waals surface area contributed by atoms with Crippen LogP contribution in [0.5, 0.6) is 0 Å². The maximum absolute atomic E-state index is 12.8. The lowest BCUT2D eigenvalue weighted by Gasteiger charge is -2.30. The molecule has 6 N–H and O–H groups in total. The Hall–Kier alpha value is -3.12. The van der Waals surface area contributed by atoms with E-state index in [0.29, 0.717) is 32.6 Å². The lowest BCUT2D eigenvalue weighted by Crippen LogP contribution is -2.42. The SMILES string of the molecule is CCCCCCCCCCCC(=O)NCC(CC(OP(=O)(O)O)[C@H]1O[C@@H](n2cc(C)c(=O)[nH]c2=O)C[C@@H]1N=[N+]=[N-])OCCCCCCCCCC.CCCCCCCCCCCC(=O)NCC(CO)OCCCCCCCCCC. The molecule has 6 atom stereocenters. The number of aryl methyl sites for hydroxylation is 1. The van der Waals surface area contributed by atoms with Gasteiger partial charge in [0.05, 0.1) is 37.1 Å². The maximum Gasteiger partial charge on any atom is 0.469 e. The molecule has 0 aliphatic carbocycles. The largest absolute Gasteiger partial charge is 0.469 e. The molecule has 0 aromatic carbocycles. The molecule has 3 unspecified atom stereocenters. The van der Waals surface area contributed by atoms with Crippen LogP contribution in [0.2, 0.25) is 0 Å². The molecular weight excluding hydrogens is 1040 g/mol. The first-order valence-corrected chi connectivity index (χ1v) is 33.4. The normalized spacial score (nSPS) is 16.4. The zero-order chi connectivity index (χ0) is 58.9. The molecule has 1 saturated heterocycles. The molecule has 1 fully saturated rings. The van der Waals surface area contributed by atoms with Crippen molar-refractivity contribution in [1.29, 1.82) is 0 Å². The fourth-order valence-electron chi connectivity index (χ4n) is 10.0. The van der Waals surface area contributed by atoms with E-state index in [4.69, 9.17) is 18.7 Å². The molecule has 1 aromatic heterocycles. The van der Waals surface area contributed by atoms with Crippen LogP contribution < -0.4 is 21.9 Å². The number of hydrogen-bond acceptors (Lipinski definition) is 11. The number of aliphatic hydroxyl groups excluding tert-OH is 1. The lowest BCUT2D eigenvalue weighted by atomic mass is 10.00. The fraction of sp³-hybridized carbons (Fsp3) is 0.900. The van der Waals surface area contributed by atoms with E-state index in [0.717, 1.165) is 68.8 Å².